The lowest BCUT2D eigenvalue weighted by Gasteiger charge is -2.37. The predicted octanol–water partition coefficient (Wildman–Crippen LogP) is 6.10. The monoisotopic (exact) mass is 382 g/mol. The summed E-state index contributed by atoms with van der Waals surface area (Å²) in [7, 11) is 0.736. The van der Waals surface area contributed by atoms with E-state index in [9.17, 15) is 0 Å². The molecule has 1 nitrogen and oxygen atoms in total. The fourth-order valence-corrected chi connectivity index (χ4v) is 4.82. The van der Waals surface area contributed by atoms with Crippen molar-refractivity contribution in [1.82, 2.24) is 0 Å². The first-order valence-electron chi connectivity index (χ1n) is 10.9. The molecule has 0 aliphatic rings. The molecule has 148 valence electrons. The molecule has 0 aromatic heterocycles. The van der Waals surface area contributed by atoms with Crippen LogP contribution in [0.3, 0.4) is 0 Å². The number of benzene rings is 2. The quantitative estimate of drug-likeness (QED) is 0.403. The van der Waals surface area contributed by atoms with Gasteiger partial charge in [0, 0.05) is 0 Å². The lowest BCUT2D eigenvalue weighted by Crippen LogP contribution is -2.32. The number of hydrogen-bond donors (Lipinski definition) is 0. The van der Waals surface area contributed by atoms with Crippen molar-refractivity contribution in [3.05, 3.63) is 70.8 Å². The summed E-state index contributed by atoms with van der Waals surface area (Å²) in [4.78, 5) is 0. The van der Waals surface area contributed by atoms with Gasteiger partial charge in [0.1, 0.15) is 16.1 Å². The summed E-state index contributed by atoms with van der Waals surface area (Å²) < 4.78 is 6.53. The van der Waals surface area contributed by atoms with Crippen LogP contribution in [-0.4, -0.2) is 10.5 Å². The van der Waals surface area contributed by atoms with Crippen LogP contribution in [0.1, 0.15) is 88.0 Å². The summed E-state index contributed by atoms with van der Waals surface area (Å²) in [5.74, 6) is 0. The molecule has 2 heteroatoms. The van der Waals surface area contributed by atoms with Crippen molar-refractivity contribution < 1.29 is 4.43 Å². The summed E-state index contributed by atoms with van der Waals surface area (Å²) in [6, 6.07) is 17.9. The van der Waals surface area contributed by atoms with Crippen LogP contribution in [0, 0.1) is 0 Å². The summed E-state index contributed by atoms with van der Waals surface area (Å²) in [6.45, 7) is 6.85. The molecule has 0 saturated carbocycles. The second-order valence-electron chi connectivity index (χ2n) is 7.65. The molecule has 0 saturated heterocycles. The van der Waals surface area contributed by atoms with Crippen LogP contribution in [0.2, 0.25) is 0 Å². The van der Waals surface area contributed by atoms with E-state index in [2.05, 4.69) is 69.3 Å². The molecule has 0 amide bonds. The van der Waals surface area contributed by atoms with E-state index in [-0.39, 0.29) is 5.60 Å². The van der Waals surface area contributed by atoms with Crippen molar-refractivity contribution in [3.63, 3.8) is 0 Å². The van der Waals surface area contributed by atoms with Crippen LogP contribution in [0.4, 0.5) is 0 Å². The van der Waals surface area contributed by atoms with E-state index in [1.807, 2.05) is 0 Å². The zero-order chi connectivity index (χ0) is 19.5. The van der Waals surface area contributed by atoms with Gasteiger partial charge in [-0.1, -0.05) is 95.0 Å². The van der Waals surface area contributed by atoms with E-state index >= 15 is 0 Å². The van der Waals surface area contributed by atoms with E-state index in [0.717, 1.165) is 23.3 Å². The smallest absolute Gasteiger partial charge is 0.147 e. The fourth-order valence-electron chi connectivity index (χ4n) is 4.16. The van der Waals surface area contributed by atoms with Crippen molar-refractivity contribution in [2.45, 2.75) is 84.2 Å². The maximum atomic E-state index is 6.53. The third kappa shape index (κ3) is 5.33. The number of aryl methyl sites for hydroxylation is 1. The van der Waals surface area contributed by atoms with Gasteiger partial charge >= 0.3 is 0 Å². The van der Waals surface area contributed by atoms with Crippen molar-refractivity contribution in [1.29, 1.82) is 0 Å². The van der Waals surface area contributed by atoms with Gasteiger partial charge in [-0.3, -0.25) is 0 Å². The summed E-state index contributed by atoms with van der Waals surface area (Å²) >= 11 is 0. The van der Waals surface area contributed by atoms with Crippen molar-refractivity contribution in [2.75, 3.05) is 0 Å². The highest BCUT2D eigenvalue weighted by molar-refractivity contribution is 5.98. The number of hydrogen-bond acceptors (Lipinski definition) is 1. The van der Waals surface area contributed by atoms with Gasteiger partial charge < -0.3 is 4.43 Å². The highest BCUT2D eigenvalue weighted by atomic mass is 28.2. The standard InChI is InChI=1S/C25H38OSi/c1-4-7-14-21-15-13-19-24(23(21)18-8-5-2)25(26-27,20-9-6-3)22-16-11-10-12-17-22/h10-13,15-17,19H,4-9,14,18,20H2,1-3,27H3. The Morgan fingerprint density at radius 1 is 0.778 bits per heavy atom. The van der Waals surface area contributed by atoms with Crippen LogP contribution in [0.15, 0.2) is 48.5 Å². The van der Waals surface area contributed by atoms with Crippen LogP contribution >= 0.6 is 0 Å². The van der Waals surface area contributed by atoms with Crippen molar-refractivity contribution in [3.8, 4) is 0 Å². The fraction of sp³-hybridized carbons (Fsp3) is 0.520. The molecule has 0 aliphatic carbocycles. The molecule has 0 aliphatic heterocycles. The Morgan fingerprint density at radius 2 is 1.44 bits per heavy atom. The summed E-state index contributed by atoms with van der Waals surface area (Å²) in [5, 5.41) is 0. The molecule has 2 aromatic rings. The molecule has 0 heterocycles. The Morgan fingerprint density at radius 3 is 2.07 bits per heavy atom. The van der Waals surface area contributed by atoms with Crippen molar-refractivity contribution in [2.24, 2.45) is 0 Å². The minimum atomic E-state index is -0.283. The normalized spacial score (nSPS) is 13.6. The van der Waals surface area contributed by atoms with Crippen LogP contribution in [-0.2, 0) is 22.9 Å². The molecular formula is C25H38OSi. The molecule has 2 rings (SSSR count). The van der Waals surface area contributed by atoms with Gasteiger partial charge in [-0.2, -0.15) is 0 Å². The van der Waals surface area contributed by atoms with Gasteiger partial charge in [0.2, 0.25) is 0 Å². The first-order valence-corrected chi connectivity index (χ1v) is 11.8. The topological polar surface area (TPSA) is 9.23 Å². The predicted molar refractivity (Wildman–Crippen MR) is 121 cm³/mol. The van der Waals surface area contributed by atoms with E-state index in [0.29, 0.717) is 0 Å². The third-order valence-corrected chi connectivity index (χ3v) is 6.46. The highest BCUT2D eigenvalue weighted by Crippen LogP contribution is 2.41. The molecule has 0 bridgehead atoms. The molecule has 0 radical (unpaired) electrons. The van der Waals surface area contributed by atoms with Crippen LogP contribution in [0.5, 0.6) is 0 Å². The van der Waals surface area contributed by atoms with E-state index < -0.39 is 0 Å². The van der Waals surface area contributed by atoms with E-state index in [1.54, 1.807) is 11.1 Å². The molecule has 2 aromatic carbocycles. The average Bonchev–Trinajstić information content (AvgIpc) is 2.73. The Bertz CT molecular complexity index is 667. The molecule has 1 unspecified atom stereocenters. The van der Waals surface area contributed by atoms with Crippen LogP contribution < -0.4 is 0 Å². The second kappa shape index (κ2) is 11.5. The number of unbranched alkanes of at least 4 members (excludes halogenated alkanes) is 3. The molecule has 0 N–H and O–H groups in total. The van der Waals surface area contributed by atoms with Gasteiger partial charge in [0.25, 0.3) is 0 Å². The van der Waals surface area contributed by atoms with Gasteiger partial charge in [-0.05, 0) is 54.4 Å². The maximum absolute atomic E-state index is 6.53. The number of rotatable bonds is 12. The second-order valence-corrected chi connectivity index (χ2v) is 8.06. The van der Waals surface area contributed by atoms with Gasteiger partial charge in [0.05, 0.1) is 0 Å². The van der Waals surface area contributed by atoms with Crippen molar-refractivity contribution >= 4 is 10.5 Å². The van der Waals surface area contributed by atoms with E-state index in [1.165, 1.54) is 56.1 Å². The Labute approximate surface area is 170 Å². The third-order valence-electron chi connectivity index (χ3n) is 5.76. The summed E-state index contributed by atoms with van der Waals surface area (Å²) in [5.41, 5.74) is 5.56. The largest absolute Gasteiger partial charge is 0.414 e. The lowest BCUT2D eigenvalue weighted by molar-refractivity contribution is 0.110. The van der Waals surface area contributed by atoms with E-state index in [4.69, 9.17) is 4.43 Å². The Kier molecular flexibility index (Phi) is 9.30. The van der Waals surface area contributed by atoms with Gasteiger partial charge in [-0.15, -0.1) is 0 Å². The van der Waals surface area contributed by atoms with Gasteiger partial charge in [-0.25, -0.2) is 0 Å². The molecule has 1 atom stereocenters. The molecular weight excluding hydrogens is 344 g/mol. The molecule has 0 fully saturated rings. The lowest BCUT2D eigenvalue weighted by atomic mass is 9.77. The summed E-state index contributed by atoms with van der Waals surface area (Å²) in [6.07, 6.45) is 10.8. The average molecular weight is 383 g/mol. The highest BCUT2D eigenvalue weighted by Gasteiger charge is 2.35. The zero-order valence-electron chi connectivity index (χ0n) is 17.9. The Balaban J connectivity index is 2.62. The van der Waals surface area contributed by atoms with Crippen LogP contribution in [0.25, 0.3) is 0 Å². The zero-order valence-corrected chi connectivity index (χ0v) is 19.9. The first-order chi connectivity index (χ1) is 13.2. The minimum Gasteiger partial charge on any atom is -0.414 e. The minimum absolute atomic E-state index is 0.283. The first kappa shape index (κ1) is 21.9. The molecule has 27 heavy (non-hydrogen) atoms. The Hall–Kier alpha value is -1.38. The molecule has 0 spiro atoms. The van der Waals surface area contributed by atoms with Gasteiger partial charge in [0.15, 0.2) is 0 Å². The SMILES string of the molecule is CCCCc1cccc(C(CCCC)(O[SiH3])c2ccccc2)c1CCCC. The maximum Gasteiger partial charge on any atom is 0.147 e.